The fourth-order valence-electron chi connectivity index (χ4n) is 2.33. The largest absolute Gasteiger partial charge is 0.380 e. The Labute approximate surface area is 131 Å². The van der Waals surface area contributed by atoms with Crippen LogP contribution in [0.4, 0.5) is 17.1 Å². The van der Waals surface area contributed by atoms with Crippen LogP contribution in [0, 0.1) is 10.1 Å². The molecule has 0 saturated carbocycles. The first-order chi connectivity index (χ1) is 10.0. The van der Waals surface area contributed by atoms with Gasteiger partial charge in [0.15, 0.2) is 0 Å². The fourth-order valence-corrected chi connectivity index (χ4v) is 3.13. The molecule has 2 N–H and O–H groups in total. The van der Waals surface area contributed by atoms with Crippen LogP contribution in [-0.2, 0) is 0 Å². The van der Waals surface area contributed by atoms with E-state index in [1.54, 1.807) is 12.1 Å². The fraction of sp³-hybridized carbons (Fsp3) is 0.600. The Bertz CT molecular complexity index is 468. The van der Waals surface area contributed by atoms with Crippen molar-refractivity contribution in [3.8, 4) is 0 Å². The van der Waals surface area contributed by atoms with Crippen LogP contribution in [0.5, 0.6) is 0 Å². The van der Waals surface area contributed by atoms with Crippen molar-refractivity contribution >= 4 is 28.8 Å². The van der Waals surface area contributed by atoms with Crippen LogP contribution < -0.4 is 10.6 Å². The smallest absolute Gasteiger partial charge is 0.315 e. The molecule has 0 aliphatic heterocycles. The maximum Gasteiger partial charge on any atom is 0.315 e. The molecular weight excluding hydrogens is 286 g/mol. The van der Waals surface area contributed by atoms with E-state index in [1.165, 1.54) is 0 Å². The van der Waals surface area contributed by atoms with E-state index >= 15 is 0 Å². The van der Waals surface area contributed by atoms with Crippen molar-refractivity contribution in [1.29, 1.82) is 0 Å². The van der Waals surface area contributed by atoms with Crippen molar-refractivity contribution in [2.45, 2.75) is 38.4 Å². The van der Waals surface area contributed by atoms with Gasteiger partial charge in [0.05, 0.1) is 4.92 Å². The van der Waals surface area contributed by atoms with E-state index in [0.29, 0.717) is 17.9 Å². The Kier molecular flexibility index (Phi) is 6.81. The molecule has 0 aromatic heterocycles. The molecule has 1 aromatic carbocycles. The van der Waals surface area contributed by atoms with E-state index in [0.717, 1.165) is 19.4 Å². The van der Waals surface area contributed by atoms with Gasteiger partial charge in [-0.05, 0) is 38.2 Å². The zero-order chi connectivity index (χ0) is 15.9. The molecule has 0 aliphatic carbocycles. The van der Waals surface area contributed by atoms with Crippen LogP contribution in [-0.4, -0.2) is 29.0 Å². The molecule has 0 spiro atoms. The summed E-state index contributed by atoms with van der Waals surface area (Å²) in [5.74, 6) is 0. The lowest BCUT2D eigenvalue weighted by molar-refractivity contribution is -0.383. The zero-order valence-electron chi connectivity index (χ0n) is 13.2. The number of anilines is 2. The molecule has 0 radical (unpaired) electrons. The molecule has 0 atom stereocenters. The molecule has 0 heterocycles. The first kappa shape index (κ1) is 17.6. The van der Waals surface area contributed by atoms with Crippen molar-refractivity contribution in [1.82, 2.24) is 0 Å². The van der Waals surface area contributed by atoms with Crippen molar-refractivity contribution in [3.63, 3.8) is 0 Å². The lowest BCUT2D eigenvalue weighted by Crippen LogP contribution is -2.32. The number of nitrogens with zero attached hydrogens (tertiary/aromatic N) is 1. The van der Waals surface area contributed by atoms with Gasteiger partial charge in [0.25, 0.3) is 0 Å². The van der Waals surface area contributed by atoms with Gasteiger partial charge in [0, 0.05) is 17.8 Å². The average Bonchev–Trinajstić information content (AvgIpc) is 2.49. The van der Waals surface area contributed by atoms with Gasteiger partial charge in [0.2, 0.25) is 0 Å². The number of hydrogen-bond acceptors (Lipinski definition) is 5. The quantitative estimate of drug-likeness (QED) is 0.524. The predicted octanol–water partition coefficient (Wildman–Crippen LogP) is 4.36. The highest BCUT2D eigenvalue weighted by atomic mass is 32.2. The molecular formula is C15H25N3O2S. The van der Waals surface area contributed by atoms with Gasteiger partial charge in [-0.15, -0.1) is 0 Å². The molecule has 1 aromatic rings. The molecule has 0 amide bonds. The van der Waals surface area contributed by atoms with E-state index in [-0.39, 0.29) is 15.4 Å². The van der Waals surface area contributed by atoms with Crippen LogP contribution in [0.15, 0.2) is 18.2 Å². The van der Waals surface area contributed by atoms with E-state index in [1.807, 2.05) is 24.8 Å². The summed E-state index contributed by atoms with van der Waals surface area (Å²) in [6.45, 7) is 7.62. The molecule has 0 aliphatic rings. The summed E-state index contributed by atoms with van der Waals surface area (Å²) in [7, 11) is 0. The first-order valence-corrected chi connectivity index (χ1v) is 8.56. The van der Waals surface area contributed by atoms with Gasteiger partial charge < -0.3 is 10.6 Å². The number of rotatable bonds is 9. The normalized spacial score (nSPS) is 11.2. The summed E-state index contributed by atoms with van der Waals surface area (Å²) in [5.41, 5.74) is 1.27. The van der Waals surface area contributed by atoms with Gasteiger partial charge in [-0.2, -0.15) is 11.8 Å². The van der Waals surface area contributed by atoms with E-state index < -0.39 is 0 Å². The number of thioether (sulfide) groups is 1. The minimum absolute atomic E-state index is 0.113. The van der Waals surface area contributed by atoms with Crippen molar-refractivity contribution in [3.05, 3.63) is 28.3 Å². The van der Waals surface area contributed by atoms with E-state index in [4.69, 9.17) is 0 Å². The summed E-state index contributed by atoms with van der Waals surface area (Å²) in [5, 5.41) is 17.7. The average molecular weight is 311 g/mol. The lowest BCUT2D eigenvalue weighted by atomic mass is 10.0. The van der Waals surface area contributed by atoms with Gasteiger partial charge in [-0.1, -0.05) is 19.9 Å². The summed E-state index contributed by atoms with van der Waals surface area (Å²) in [4.78, 5) is 11.1. The van der Waals surface area contributed by atoms with E-state index in [2.05, 4.69) is 30.7 Å². The molecule has 0 fully saturated rings. The maximum absolute atomic E-state index is 11.4. The zero-order valence-corrected chi connectivity index (χ0v) is 14.0. The van der Waals surface area contributed by atoms with E-state index in [9.17, 15) is 10.1 Å². The second-order valence-electron chi connectivity index (χ2n) is 4.94. The molecule has 0 saturated heterocycles. The summed E-state index contributed by atoms with van der Waals surface area (Å²) >= 11 is 1.82. The third kappa shape index (κ3) is 4.27. The van der Waals surface area contributed by atoms with Crippen LogP contribution in [0.1, 0.15) is 33.6 Å². The van der Waals surface area contributed by atoms with Crippen molar-refractivity contribution < 1.29 is 4.92 Å². The van der Waals surface area contributed by atoms with Gasteiger partial charge in [0.1, 0.15) is 11.4 Å². The summed E-state index contributed by atoms with van der Waals surface area (Å²) < 4.78 is 0.113. The molecule has 0 unspecified atom stereocenters. The predicted molar refractivity (Wildman–Crippen MR) is 92.6 cm³/mol. The SMILES string of the molecule is CCNc1cccc(NCC(CC)(CC)SC)c1[N+](=O)[O-]. The highest BCUT2D eigenvalue weighted by molar-refractivity contribution is 8.00. The minimum Gasteiger partial charge on any atom is -0.380 e. The van der Waals surface area contributed by atoms with Crippen molar-refractivity contribution in [2.75, 3.05) is 30.0 Å². The molecule has 1 rings (SSSR count). The Morgan fingerprint density at radius 2 is 1.76 bits per heavy atom. The van der Waals surface area contributed by atoms with Crippen LogP contribution in [0.25, 0.3) is 0 Å². The summed E-state index contributed by atoms with van der Waals surface area (Å²) in [6, 6.07) is 5.36. The third-order valence-corrected chi connectivity index (χ3v) is 5.50. The monoisotopic (exact) mass is 311 g/mol. The Morgan fingerprint density at radius 3 is 2.19 bits per heavy atom. The second kappa shape index (κ2) is 8.12. The number of nitro benzene ring substituents is 1. The van der Waals surface area contributed by atoms with Gasteiger partial charge >= 0.3 is 5.69 Å². The van der Waals surface area contributed by atoms with Crippen LogP contribution in [0.3, 0.4) is 0 Å². The molecule has 6 heteroatoms. The van der Waals surface area contributed by atoms with Crippen LogP contribution >= 0.6 is 11.8 Å². The molecule has 5 nitrogen and oxygen atoms in total. The van der Waals surface area contributed by atoms with Crippen LogP contribution in [0.2, 0.25) is 0 Å². The number of nitrogens with one attached hydrogen (secondary N) is 2. The first-order valence-electron chi connectivity index (χ1n) is 7.33. The second-order valence-corrected chi connectivity index (χ2v) is 6.21. The number of hydrogen-bond donors (Lipinski definition) is 2. The highest BCUT2D eigenvalue weighted by Gasteiger charge is 2.26. The number of para-hydroxylation sites is 1. The highest BCUT2D eigenvalue weighted by Crippen LogP contribution is 2.35. The third-order valence-electron chi connectivity index (χ3n) is 3.91. The van der Waals surface area contributed by atoms with Gasteiger partial charge in [-0.3, -0.25) is 10.1 Å². The summed E-state index contributed by atoms with van der Waals surface area (Å²) in [6.07, 6.45) is 4.15. The Balaban J connectivity index is 3.02. The Hall–Kier alpha value is -1.43. The topological polar surface area (TPSA) is 67.2 Å². The van der Waals surface area contributed by atoms with Crippen molar-refractivity contribution in [2.24, 2.45) is 0 Å². The molecule has 21 heavy (non-hydrogen) atoms. The van der Waals surface area contributed by atoms with Gasteiger partial charge in [-0.25, -0.2) is 0 Å². The number of benzene rings is 1. The standard InChI is InChI=1S/C15H25N3O2S/c1-5-15(6-2,21-4)11-17-13-10-8-9-12(16-7-3)14(13)18(19)20/h8-10,16-17H,5-7,11H2,1-4H3. The molecule has 0 bridgehead atoms. The minimum atomic E-state index is -0.320. The Morgan fingerprint density at radius 1 is 1.19 bits per heavy atom. The maximum atomic E-state index is 11.4. The molecule has 118 valence electrons. The number of nitro groups is 1. The lowest BCUT2D eigenvalue weighted by Gasteiger charge is -2.30.